The second kappa shape index (κ2) is 5.34. The topological polar surface area (TPSA) is 81.2 Å². The fourth-order valence-electron chi connectivity index (χ4n) is 1.86. The van der Waals surface area contributed by atoms with Crippen LogP contribution in [0.1, 0.15) is 18.5 Å². The first-order valence-corrected chi connectivity index (χ1v) is 7.04. The van der Waals surface area contributed by atoms with E-state index in [2.05, 4.69) is 26.2 Å². The number of hydrogen-bond acceptors (Lipinski definition) is 5. The van der Waals surface area contributed by atoms with Crippen molar-refractivity contribution in [1.82, 2.24) is 10.3 Å². The fraction of sp³-hybridized carbons (Fsp3) is 0.308. The van der Waals surface area contributed by atoms with E-state index in [9.17, 15) is 10.1 Å². The molecule has 2 aromatic rings. The molecule has 0 spiro atoms. The minimum atomic E-state index is -0.438. The molecule has 1 saturated carbocycles. The van der Waals surface area contributed by atoms with E-state index in [1.54, 1.807) is 12.3 Å². The van der Waals surface area contributed by atoms with E-state index in [1.807, 2.05) is 0 Å². The fourth-order valence-corrected chi connectivity index (χ4v) is 2.34. The Morgan fingerprint density at radius 3 is 2.95 bits per heavy atom. The van der Waals surface area contributed by atoms with E-state index in [-0.39, 0.29) is 5.69 Å². The summed E-state index contributed by atoms with van der Waals surface area (Å²) in [6.45, 7) is 0.657. The van der Waals surface area contributed by atoms with Gasteiger partial charge in [-0.3, -0.25) is 10.1 Å². The van der Waals surface area contributed by atoms with Crippen molar-refractivity contribution < 1.29 is 9.34 Å². The molecule has 0 aliphatic heterocycles. The third-order valence-electron chi connectivity index (χ3n) is 3.04. The van der Waals surface area contributed by atoms with Crippen molar-refractivity contribution in [3.8, 4) is 11.5 Å². The molecule has 1 N–H and O–H groups in total. The van der Waals surface area contributed by atoms with Crippen molar-refractivity contribution in [3.63, 3.8) is 0 Å². The van der Waals surface area contributed by atoms with Crippen LogP contribution in [0.25, 0.3) is 11.5 Å². The first-order valence-electron chi connectivity index (χ1n) is 6.25. The zero-order valence-corrected chi connectivity index (χ0v) is 12.1. The number of nitro benzene ring substituents is 1. The molecule has 0 atom stereocenters. The Morgan fingerprint density at radius 2 is 2.25 bits per heavy atom. The van der Waals surface area contributed by atoms with Gasteiger partial charge in [0.15, 0.2) is 0 Å². The maximum atomic E-state index is 10.8. The van der Waals surface area contributed by atoms with Crippen molar-refractivity contribution in [2.75, 3.05) is 0 Å². The summed E-state index contributed by atoms with van der Waals surface area (Å²) in [4.78, 5) is 14.8. The Kier molecular flexibility index (Phi) is 3.54. The van der Waals surface area contributed by atoms with E-state index < -0.39 is 4.92 Å². The second-order valence-electron chi connectivity index (χ2n) is 4.75. The Bertz CT molecular complexity index is 652. The number of nitrogens with zero attached hydrogens (tertiary/aromatic N) is 2. The maximum Gasteiger partial charge on any atom is 0.271 e. The van der Waals surface area contributed by atoms with Crippen LogP contribution in [0.15, 0.2) is 33.4 Å². The van der Waals surface area contributed by atoms with Crippen LogP contribution in [0.3, 0.4) is 0 Å². The summed E-state index contributed by atoms with van der Waals surface area (Å²) in [5.41, 5.74) is 1.39. The molecule has 7 heteroatoms. The molecule has 0 radical (unpaired) electrons. The Labute approximate surface area is 123 Å². The maximum absolute atomic E-state index is 10.8. The average molecular weight is 338 g/mol. The van der Waals surface area contributed by atoms with Gasteiger partial charge in [-0.05, 0) is 18.9 Å². The summed E-state index contributed by atoms with van der Waals surface area (Å²) >= 11 is 3.26. The van der Waals surface area contributed by atoms with Crippen LogP contribution in [0.2, 0.25) is 0 Å². The molecule has 6 nitrogen and oxygen atoms in total. The van der Waals surface area contributed by atoms with Crippen molar-refractivity contribution in [2.45, 2.75) is 25.4 Å². The van der Waals surface area contributed by atoms with Crippen LogP contribution >= 0.6 is 15.9 Å². The number of nitrogens with one attached hydrogen (secondary N) is 1. The third kappa shape index (κ3) is 3.05. The smallest absolute Gasteiger partial charge is 0.271 e. The molecule has 1 aliphatic carbocycles. The zero-order chi connectivity index (χ0) is 14.1. The summed E-state index contributed by atoms with van der Waals surface area (Å²) in [5.74, 6) is 0.391. The minimum Gasteiger partial charge on any atom is -0.444 e. The summed E-state index contributed by atoms with van der Waals surface area (Å²) in [5, 5.41) is 14.2. The van der Waals surface area contributed by atoms with Crippen molar-refractivity contribution in [3.05, 3.63) is 44.7 Å². The first-order chi connectivity index (χ1) is 9.61. The molecule has 0 saturated heterocycles. The lowest BCUT2D eigenvalue weighted by Gasteiger charge is -1.98. The van der Waals surface area contributed by atoms with Gasteiger partial charge in [0, 0.05) is 34.8 Å². The molecule has 1 aliphatic rings. The van der Waals surface area contributed by atoms with Crippen LogP contribution in [0.5, 0.6) is 0 Å². The number of aromatic nitrogens is 1. The Hall–Kier alpha value is -1.73. The lowest BCUT2D eigenvalue weighted by Crippen LogP contribution is -2.15. The summed E-state index contributed by atoms with van der Waals surface area (Å²) in [7, 11) is 0. The van der Waals surface area contributed by atoms with Gasteiger partial charge in [0.05, 0.1) is 10.6 Å². The molecule has 0 unspecified atom stereocenters. The van der Waals surface area contributed by atoms with Gasteiger partial charge in [-0.15, -0.1) is 0 Å². The normalized spacial score (nSPS) is 14.4. The summed E-state index contributed by atoms with van der Waals surface area (Å²) < 4.78 is 6.02. The lowest BCUT2D eigenvalue weighted by atomic mass is 10.2. The zero-order valence-electron chi connectivity index (χ0n) is 10.5. The number of halogens is 1. The molecule has 1 aromatic carbocycles. The highest BCUT2D eigenvalue weighted by Crippen LogP contribution is 2.28. The lowest BCUT2D eigenvalue weighted by molar-refractivity contribution is -0.384. The number of benzene rings is 1. The highest BCUT2D eigenvalue weighted by Gasteiger charge is 2.21. The molecular formula is C13H12BrN3O3. The predicted octanol–water partition coefficient (Wildman–Crippen LogP) is 3.26. The molecule has 0 bridgehead atoms. The highest BCUT2D eigenvalue weighted by molar-refractivity contribution is 9.10. The largest absolute Gasteiger partial charge is 0.444 e. The molecule has 1 fully saturated rings. The number of nitro groups is 1. The van der Waals surface area contributed by atoms with E-state index in [0.717, 1.165) is 5.69 Å². The first kappa shape index (κ1) is 13.3. The Morgan fingerprint density at radius 1 is 1.45 bits per heavy atom. The van der Waals surface area contributed by atoms with Crippen LogP contribution in [0.4, 0.5) is 5.69 Å². The van der Waals surface area contributed by atoms with Gasteiger partial charge in [0.1, 0.15) is 6.26 Å². The van der Waals surface area contributed by atoms with Gasteiger partial charge in [-0.25, -0.2) is 4.98 Å². The molecule has 20 heavy (non-hydrogen) atoms. The molecule has 1 heterocycles. The van der Waals surface area contributed by atoms with Gasteiger partial charge >= 0.3 is 0 Å². The number of non-ortho nitro benzene ring substituents is 1. The van der Waals surface area contributed by atoms with E-state index in [1.165, 1.54) is 25.0 Å². The molecule has 1 aromatic heterocycles. The van der Waals surface area contributed by atoms with E-state index >= 15 is 0 Å². The summed E-state index contributed by atoms with van der Waals surface area (Å²) in [6.07, 6.45) is 4.00. The van der Waals surface area contributed by atoms with Crippen LogP contribution < -0.4 is 5.32 Å². The van der Waals surface area contributed by atoms with Crippen molar-refractivity contribution in [1.29, 1.82) is 0 Å². The van der Waals surface area contributed by atoms with Crippen molar-refractivity contribution in [2.24, 2.45) is 0 Å². The highest BCUT2D eigenvalue weighted by atomic mass is 79.9. The third-order valence-corrected chi connectivity index (χ3v) is 3.50. The SMILES string of the molecule is O=[N+]([O-])c1cc(Br)cc(-c2nc(CNC3CC3)co2)c1. The minimum absolute atomic E-state index is 0.00484. The predicted molar refractivity (Wildman–Crippen MR) is 76.2 cm³/mol. The number of rotatable bonds is 5. The monoisotopic (exact) mass is 337 g/mol. The van der Waals surface area contributed by atoms with Gasteiger partial charge in [0.25, 0.3) is 5.69 Å². The van der Waals surface area contributed by atoms with Gasteiger partial charge in [-0.2, -0.15) is 0 Å². The van der Waals surface area contributed by atoms with Crippen LogP contribution in [-0.2, 0) is 6.54 Å². The molecule has 104 valence electrons. The van der Waals surface area contributed by atoms with Crippen LogP contribution in [-0.4, -0.2) is 15.9 Å². The Balaban J connectivity index is 1.82. The van der Waals surface area contributed by atoms with Crippen molar-refractivity contribution >= 4 is 21.6 Å². The average Bonchev–Trinajstić information content (AvgIpc) is 3.12. The number of oxazole rings is 1. The van der Waals surface area contributed by atoms with Gasteiger partial charge in [-0.1, -0.05) is 15.9 Å². The van der Waals surface area contributed by atoms with Gasteiger partial charge < -0.3 is 9.73 Å². The summed E-state index contributed by atoms with van der Waals surface area (Å²) in [6, 6.07) is 5.25. The standard InChI is InChI=1S/C13H12BrN3O3/c14-9-3-8(4-12(5-9)17(18)19)13-16-11(7-20-13)6-15-10-1-2-10/h3-5,7,10,15H,1-2,6H2. The quantitative estimate of drug-likeness (QED) is 0.668. The molecule has 3 rings (SSSR count). The van der Waals surface area contributed by atoms with Crippen LogP contribution in [0, 0.1) is 10.1 Å². The molecular weight excluding hydrogens is 326 g/mol. The molecule has 0 amide bonds. The van der Waals surface area contributed by atoms with E-state index in [4.69, 9.17) is 4.42 Å². The number of hydrogen-bond donors (Lipinski definition) is 1. The van der Waals surface area contributed by atoms with E-state index in [0.29, 0.717) is 28.5 Å². The van der Waals surface area contributed by atoms with Gasteiger partial charge in [0.2, 0.25) is 5.89 Å². The second-order valence-corrected chi connectivity index (χ2v) is 5.67.